The van der Waals surface area contributed by atoms with Crippen LogP contribution < -0.4 is 5.73 Å². The van der Waals surface area contributed by atoms with Crippen LogP contribution in [0, 0.1) is 5.92 Å². The van der Waals surface area contributed by atoms with Crippen LogP contribution in [0.5, 0.6) is 0 Å². The zero-order chi connectivity index (χ0) is 17.7. The molecule has 1 aromatic rings. The lowest BCUT2D eigenvalue weighted by Gasteiger charge is -2.30. The number of halogens is 3. The van der Waals surface area contributed by atoms with Gasteiger partial charge < -0.3 is 15.4 Å². The number of nitrogens with two attached hydrogens (primary N) is 1. The Morgan fingerprint density at radius 1 is 1.33 bits per heavy atom. The highest BCUT2D eigenvalue weighted by Gasteiger charge is 2.30. The summed E-state index contributed by atoms with van der Waals surface area (Å²) < 4.78 is 43.0. The third-order valence-corrected chi connectivity index (χ3v) is 3.96. The molecule has 24 heavy (non-hydrogen) atoms. The number of carbonyl (C=O) groups excluding carboxylic acids is 2. The van der Waals surface area contributed by atoms with Crippen molar-refractivity contribution in [1.29, 1.82) is 0 Å². The average molecular weight is 344 g/mol. The van der Waals surface area contributed by atoms with Gasteiger partial charge in [-0.25, -0.2) is 4.79 Å². The maximum atomic E-state index is 12.6. The Kier molecular flexibility index (Phi) is 5.69. The van der Waals surface area contributed by atoms with E-state index in [0.717, 1.165) is 12.1 Å². The molecule has 1 atom stereocenters. The summed E-state index contributed by atoms with van der Waals surface area (Å²) in [5.74, 6) is -0.888. The fraction of sp³-hybridized carbons (Fsp3) is 0.500. The predicted molar refractivity (Wildman–Crippen MR) is 80.0 cm³/mol. The van der Waals surface area contributed by atoms with Gasteiger partial charge in [0, 0.05) is 19.5 Å². The molecule has 0 spiro atoms. The molecule has 2 amide bonds. The van der Waals surface area contributed by atoms with Gasteiger partial charge >= 0.3 is 18.2 Å². The normalized spacial score (nSPS) is 18.3. The molecule has 0 radical (unpaired) electrons. The molecule has 0 aliphatic carbocycles. The number of primary amides is 1. The van der Waals surface area contributed by atoms with Crippen LogP contribution in [0.15, 0.2) is 24.3 Å². The van der Waals surface area contributed by atoms with Gasteiger partial charge in [-0.15, -0.1) is 0 Å². The zero-order valence-electron chi connectivity index (χ0n) is 13.0. The Hall–Kier alpha value is -2.25. The van der Waals surface area contributed by atoms with Crippen molar-refractivity contribution in [2.45, 2.75) is 25.4 Å². The number of ether oxygens (including phenoxy) is 1. The fourth-order valence-electron chi connectivity index (χ4n) is 2.66. The van der Waals surface area contributed by atoms with Crippen LogP contribution >= 0.6 is 0 Å². The first-order chi connectivity index (χ1) is 11.3. The van der Waals surface area contributed by atoms with Gasteiger partial charge in [0.1, 0.15) is 0 Å². The van der Waals surface area contributed by atoms with Crippen LogP contribution in [0.3, 0.4) is 0 Å². The van der Waals surface area contributed by atoms with E-state index in [1.807, 2.05) is 0 Å². The number of nitrogens with zero attached hydrogens (tertiary/aromatic N) is 1. The van der Waals surface area contributed by atoms with Crippen molar-refractivity contribution in [3.05, 3.63) is 35.4 Å². The standard InChI is InChI=1S/C16H19F3N2O3/c17-16(18,19)13-5-1-3-11(9-13)6-8-24-14(22)12-4-2-7-21(10-12)15(20)23/h1,3,5,9,12H,2,4,6-8,10H2,(H2,20,23)/t12-/m1/s1. The van der Waals surface area contributed by atoms with Crippen LogP contribution in [0.2, 0.25) is 0 Å². The van der Waals surface area contributed by atoms with Gasteiger partial charge in [-0.2, -0.15) is 13.2 Å². The molecule has 8 heteroatoms. The molecule has 0 bridgehead atoms. The lowest BCUT2D eigenvalue weighted by atomic mass is 9.98. The maximum absolute atomic E-state index is 12.6. The smallest absolute Gasteiger partial charge is 0.416 e. The molecule has 132 valence electrons. The second-order valence-electron chi connectivity index (χ2n) is 5.74. The number of hydrogen-bond acceptors (Lipinski definition) is 3. The van der Waals surface area contributed by atoms with Crippen molar-refractivity contribution in [1.82, 2.24) is 4.90 Å². The highest BCUT2D eigenvalue weighted by molar-refractivity contribution is 5.76. The van der Waals surface area contributed by atoms with E-state index in [1.165, 1.54) is 11.0 Å². The Morgan fingerprint density at radius 2 is 2.08 bits per heavy atom. The Morgan fingerprint density at radius 3 is 2.75 bits per heavy atom. The number of alkyl halides is 3. The monoisotopic (exact) mass is 344 g/mol. The molecule has 1 saturated heterocycles. The zero-order valence-corrected chi connectivity index (χ0v) is 13.0. The number of rotatable bonds is 4. The molecule has 1 aromatic carbocycles. The summed E-state index contributed by atoms with van der Waals surface area (Å²) in [5, 5.41) is 0. The molecule has 1 fully saturated rings. The highest BCUT2D eigenvalue weighted by atomic mass is 19.4. The molecule has 5 nitrogen and oxygen atoms in total. The van der Waals surface area contributed by atoms with Gasteiger partial charge in [-0.1, -0.05) is 18.2 Å². The first kappa shape index (κ1) is 18.1. The van der Waals surface area contributed by atoms with Crippen LogP contribution in [-0.2, 0) is 22.1 Å². The molecule has 1 aliphatic heterocycles. The Labute approximate surface area is 137 Å². The SMILES string of the molecule is NC(=O)N1CCC[C@@H](C(=O)OCCc2cccc(C(F)(F)F)c2)C1. The molecule has 1 heterocycles. The van der Waals surface area contributed by atoms with Crippen LogP contribution in [0.25, 0.3) is 0 Å². The van der Waals surface area contributed by atoms with Gasteiger partial charge in [-0.3, -0.25) is 4.79 Å². The molecular weight excluding hydrogens is 325 g/mol. The third kappa shape index (κ3) is 4.87. The number of amides is 2. The number of esters is 1. The first-order valence-electron chi connectivity index (χ1n) is 7.64. The second kappa shape index (κ2) is 7.55. The molecule has 0 unspecified atom stereocenters. The van der Waals surface area contributed by atoms with Gasteiger partial charge in [0.2, 0.25) is 0 Å². The van der Waals surface area contributed by atoms with E-state index in [0.29, 0.717) is 24.9 Å². The van der Waals surface area contributed by atoms with Crippen molar-refractivity contribution < 1.29 is 27.5 Å². The number of hydrogen-bond donors (Lipinski definition) is 1. The first-order valence-corrected chi connectivity index (χ1v) is 7.64. The summed E-state index contributed by atoms with van der Waals surface area (Å²) in [6.45, 7) is 0.730. The lowest BCUT2D eigenvalue weighted by Crippen LogP contribution is -2.45. The summed E-state index contributed by atoms with van der Waals surface area (Å²) in [7, 11) is 0. The number of urea groups is 1. The minimum atomic E-state index is -4.40. The molecule has 0 aromatic heterocycles. The largest absolute Gasteiger partial charge is 0.465 e. The summed E-state index contributed by atoms with van der Waals surface area (Å²) in [6.07, 6.45) is -2.93. The predicted octanol–water partition coefficient (Wildman–Crippen LogP) is 2.58. The van der Waals surface area contributed by atoms with Gasteiger partial charge in [0.15, 0.2) is 0 Å². The average Bonchev–Trinajstić information content (AvgIpc) is 2.54. The van der Waals surface area contributed by atoms with E-state index in [9.17, 15) is 22.8 Å². The fourth-order valence-corrected chi connectivity index (χ4v) is 2.66. The van der Waals surface area contributed by atoms with Crippen LogP contribution in [0.4, 0.5) is 18.0 Å². The maximum Gasteiger partial charge on any atom is 0.416 e. The van der Waals surface area contributed by atoms with Gasteiger partial charge in [-0.05, 0) is 24.5 Å². The summed E-state index contributed by atoms with van der Waals surface area (Å²) in [4.78, 5) is 24.5. The molecular formula is C16H19F3N2O3. The minimum Gasteiger partial charge on any atom is -0.465 e. The lowest BCUT2D eigenvalue weighted by molar-refractivity contribution is -0.150. The Bertz CT molecular complexity index is 604. The van der Waals surface area contributed by atoms with Crippen LogP contribution in [0.1, 0.15) is 24.0 Å². The quantitative estimate of drug-likeness (QED) is 0.853. The number of piperidine rings is 1. The number of benzene rings is 1. The molecule has 2 N–H and O–H groups in total. The molecule has 0 saturated carbocycles. The topological polar surface area (TPSA) is 72.6 Å². The summed E-state index contributed by atoms with van der Waals surface area (Å²) in [5.41, 5.74) is 4.92. The Balaban J connectivity index is 1.83. The van der Waals surface area contributed by atoms with Crippen molar-refractivity contribution in [3.8, 4) is 0 Å². The van der Waals surface area contributed by atoms with E-state index in [2.05, 4.69) is 0 Å². The van der Waals surface area contributed by atoms with E-state index in [4.69, 9.17) is 10.5 Å². The van der Waals surface area contributed by atoms with E-state index < -0.39 is 29.7 Å². The van der Waals surface area contributed by atoms with Crippen molar-refractivity contribution in [2.75, 3.05) is 19.7 Å². The second-order valence-corrected chi connectivity index (χ2v) is 5.74. The van der Waals surface area contributed by atoms with E-state index >= 15 is 0 Å². The van der Waals surface area contributed by atoms with Crippen LogP contribution in [-0.4, -0.2) is 36.6 Å². The van der Waals surface area contributed by atoms with E-state index in [1.54, 1.807) is 6.07 Å². The van der Waals surface area contributed by atoms with Gasteiger partial charge in [0.25, 0.3) is 0 Å². The van der Waals surface area contributed by atoms with E-state index in [-0.39, 0.29) is 19.6 Å². The third-order valence-electron chi connectivity index (χ3n) is 3.96. The number of carbonyl (C=O) groups is 2. The molecule has 2 rings (SSSR count). The highest BCUT2D eigenvalue weighted by Crippen LogP contribution is 2.29. The van der Waals surface area contributed by atoms with Crippen molar-refractivity contribution in [3.63, 3.8) is 0 Å². The van der Waals surface area contributed by atoms with Gasteiger partial charge in [0.05, 0.1) is 18.1 Å². The summed E-state index contributed by atoms with van der Waals surface area (Å²) >= 11 is 0. The van der Waals surface area contributed by atoms with Crippen molar-refractivity contribution in [2.24, 2.45) is 11.7 Å². The van der Waals surface area contributed by atoms with Crippen molar-refractivity contribution >= 4 is 12.0 Å². The summed E-state index contributed by atoms with van der Waals surface area (Å²) in [6, 6.07) is 4.35. The minimum absolute atomic E-state index is 0.00673. The molecule has 1 aliphatic rings. The number of likely N-dealkylation sites (tertiary alicyclic amines) is 1.